The monoisotopic (exact) mass is 844 g/mol. The second kappa shape index (κ2) is 16.8. The van der Waals surface area contributed by atoms with Crippen LogP contribution in [0.1, 0.15) is 93.6 Å². The molecule has 0 aliphatic carbocycles. The molecule has 6 heterocycles. The number of Topliss-reactive ketones (excluding diaryl/α,β-unsaturated/α-hetero) is 1. The first-order valence-corrected chi connectivity index (χ1v) is 19.7. The molecule has 0 bridgehead atoms. The number of ketones is 1. The highest BCUT2D eigenvalue weighted by molar-refractivity contribution is 9.10. The van der Waals surface area contributed by atoms with Crippen LogP contribution in [0.3, 0.4) is 0 Å². The molecule has 8 rings (SSSR count). The van der Waals surface area contributed by atoms with Crippen LogP contribution < -0.4 is 20.3 Å². The van der Waals surface area contributed by atoms with E-state index >= 15 is 0 Å². The molecule has 2 aromatic heterocycles. The second-order valence-corrected chi connectivity index (χ2v) is 15.7. The van der Waals surface area contributed by atoms with Crippen LogP contribution in [0.15, 0.2) is 74.7 Å². The molecule has 4 aliphatic rings. The van der Waals surface area contributed by atoms with Gasteiger partial charge in [0.1, 0.15) is 19.8 Å². The molecule has 1 N–H and O–H groups in total. The number of hydrogen-bond donors (Lipinski definition) is 1. The van der Waals surface area contributed by atoms with Gasteiger partial charge in [0.25, 0.3) is 11.8 Å². The maximum atomic E-state index is 13.3. The van der Waals surface area contributed by atoms with Gasteiger partial charge in [0.2, 0.25) is 10.9 Å². The number of carbonyl (C=O) groups excluding carboxylic acids is 3. The van der Waals surface area contributed by atoms with Crippen molar-refractivity contribution in [2.24, 2.45) is 0 Å². The number of ether oxygens (including phenoxy) is 4. The van der Waals surface area contributed by atoms with Crippen LogP contribution in [-0.4, -0.2) is 86.6 Å². The summed E-state index contributed by atoms with van der Waals surface area (Å²) in [6, 6.07) is 18.5. The Morgan fingerprint density at radius 3 is 1.61 bits per heavy atom. The first kappa shape index (κ1) is 40.1. The zero-order valence-corrected chi connectivity index (χ0v) is 33.8. The molecule has 0 spiro atoms. The van der Waals surface area contributed by atoms with Gasteiger partial charge in [-0.25, -0.2) is 0 Å². The van der Waals surface area contributed by atoms with Crippen molar-refractivity contribution in [1.29, 1.82) is 0 Å². The van der Waals surface area contributed by atoms with Crippen molar-refractivity contribution in [3.05, 3.63) is 125 Å². The summed E-state index contributed by atoms with van der Waals surface area (Å²) >= 11 is 3.40. The largest absolute Gasteiger partial charge is 0.483 e. The molecule has 0 unspecified atom stereocenters. The standard InChI is InChI=1S/C22H24N2O6.C20H21BrN2O4/c1-13(2)23-8-15-11-29-12-16-18(17(26)9-25)20(27)21(19(22(23)28)24(15)16)30-10-14-6-4-3-5-7-14;1-12(2)22-8-14-10-26-11-15-16(21)18(24)19(17(20(22)25)23(14)15)27-9-13-6-4-3-5-7-13/h3-7,13,15,25H,8-12H2,1-2H3;3-7,12,14H,8-11H2,1-2H3/t15-;14-/m11/s1. The SMILES string of the molecule is CC(C)N1C[C@@H]2COCc3c(Br)c(=O)c(OCc4ccccc4)c(n32)C1=O.CC(C)N1C[C@@H]2COCc3c(C(=O)CO)c(=O)c(OCc4ccccc4)c(n32)C1=O. The Hall–Kier alpha value is -5.09. The number of nitrogens with zero attached hydrogens (tertiary/aromatic N) is 4. The van der Waals surface area contributed by atoms with Crippen molar-refractivity contribution in [1.82, 2.24) is 18.9 Å². The summed E-state index contributed by atoms with van der Waals surface area (Å²) in [5.74, 6) is -1.24. The van der Waals surface area contributed by atoms with Crippen molar-refractivity contribution < 1.29 is 38.4 Å². The Labute approximate surface area is 337 Å². The van der Waals surface area contributed by atoms with Crippen LogP contribution in [0.4, 0.5) is 0 Å². The number of hydrogen-bond acceptors (Lipinski definition) is 10. The van der Waals surface area contributed by atoms with E-state index < -0.39 is 17.8 Å². The van der Waals surface area contributed by atoms with Gasteiger partial charge in [-0.2, -0.15) is 0 Å². The molecule has 4 aliphatic heterocycles. The van der Waals surface area contributed by atoms with Crippen LogP contribution in [0.2, 0.25) is 0 Å². The molecule has 2 aromatic carbocycles. The molecule has 300 valence electrons. The van der Waals surface area contributed by atoms with Gasteiger partial charge in [-0.1, -0.05) is 60.7 Å². The van der Waals surface area contributed by atoms with E-state index in [1.807, 2.05) is 92.9 Å². The predicted molar refractivity (Wildman–Crippen MR) is 212 cm³/mol. The number of rotatable bonds is 10. The van der Waals surface area contributed by atoms with Crippen LogP contribution in [-0.2, 0) is 35.9 Å². The first-order valence-electron chi connectivity index (χ1n) is 19.0. The molecule has 0 fully saturated rings. The molecule has 15 heteroatoms. The Morgan fingerprint density at radius 2 is 1.16 bits per heavy atom. The van der Waals surface area contributed by atoms with E-state index in [1.165, 1.54) is 0 Å². The molecule has 2 amide bonds. The van der Waals surface area contributed by atoms with E-state index in [0.717, 1.165) is 11.1 Å². The van der Waals surface area contributed by atoms with Crippen molar-refractivity contribution in [2.75, 3.05) is 32.9 Å². The maximum Gasteiger partial charge on any atom is 0.274 e. The summed E-state index contributed by atoms with van der Waals surface area (Å²) < 4.78 is 27.2. The van der Waals surface area contributed by atoms with Gasteiger partial charge >= 0.3 is 0 Å². The smallest absolute Gasteiger partial charge is 0.274 e. The predicted octanol–water partition coefficient (Wildman–Crippen LogP) is 4.66. The molecular formula is C42H45BrN4O10. The number of aliphatic hydroxyl groups is 1. The lowest BCUT2D eigenvalue weighted by Crippen LogP contribution is -2.51. The summed E-state index contributed by atoms with van der Waals surface area (Å²) in [5, 5.41) is 9.43. The highest BCUT2D eigenvalue weighted by atomic mass is 79.9. The van der Waals surface area contributed by atoms with Crippen LogP contribution >= 0.6 is 15.9 Å². The number of halogens is 1. The molecular weight excluding hydrogens is 800 g/mol. The number of benzene rings is 2. The zero-order chi connectivity index (χ0) is 40.5. The third-order valence-corrected chi connectivity index (χ3v) is 11.4. The lowest BCUT2D eigenvalue weighted by atomic mass is 10.00. The van der Waals surface area contributed by atoms with E-state index in [-0.39, 0.29) is 84.0 Å². The van der Waals surface area contributed by atoms with Crippen LogP contribution in [0.25, 0.3) is 0 Å². The van der Waals surface area contributed by atoms with Gasteiger partial charge in [-0.3, -0.25) is 24.0 Å². The minimum absolute atomic E-state index is 0.0216. The molecule has 2 atom stereocenters. The summed E-state index contributed by atoms with van der Waals surface area (Å²) in [7, 11) is 0. The third kappa shape index (κ3) is 7.56. The van der Waals surface area contributed by atoms with E-state index in [0.29, 0.717) is 54.5 Å². The summed E-state index contributed by atoms with van der Waals surface area (Å²) in [4.78, 5) is 68.7. The molecule has 14 nitrogen and oxygen atoms in total. The van der Waals surface area contributed by atoms with Crippen LogP contribution in [0, 0.1) is 0 Å². The molecule has 0 saturated heterocycles. The topological polar surface area (TPSA) is 159 Å². The number of pyridine rings is 2. The van der Waals surface area contributed by atoms with E-state index in [2.05, 4.69) is 15.9 Å². The zero-order valence-electron chi connectivity index (χ0n) is 32.2. The normalized spacial score (nSPS) is 18.2. The van der Waals surface area contributed by atoms with Crippen molar-refractivity contribution in [2.45, 2.75) is 78.3 Å². The van der Waals surface area contributed by atoms with Gasteiger partial charge in [-0.15, -0.1) is 0 Å². The van der Waals surface area contributed by atoms with E-state index in [1.54, 1.807) is 14.4 Å². The highest BCUT2D eigenvalue weighted by Gasteiger charge is 2.42. The number of amides is 2. The number of aromatic nitrogens is 2. The number of carbonyl (C=O) groups is 3. The van der Waals surface area contributed by atoms with Crippen molar-refractivity contribution >= 4 is 33.5 Å². The quantitative estimate of drug-likeness (QED) is 0.223. The molecule has 57 heavy (non-hydrogen) atoms. The van der Waals surface area contributed by atoms with Gasteiger partial charge in [-0.05, 0) is 54.8 Å². The maximum absolute atomic E-state index is 13.3. The summed E-state index contributed by atoms with van der Waals surface area (Å²) in [6.45, 7) is 9.39. The number of aliphatic hydroxyl groups excluding tert-OH is 1. The van der Waals surface area contributed by atoms with Gasteiger partial charge in [0.15, 0.2) is 28.7 Å². The van der Waals surface area contributed by atoms with Crippen LogP contribution in [0.5, 0.6) is 11.5 Å². The third-order valence-electron chi connectivity index (χ3n) is 10.6. The lowest BCUT2D eigenvalue weighted by molar-refractivity contribution is 0.0186. The molecule has 0 saturated carbocycles. The fourth-order valence-electron chi connectivity index (χ4n) is 7.76. The lowest BCUT2D eigenvalue weighted by Gasteiger charge is -2.42. The van der Waals surface area contributed by atoms with E-state index in [4.69, 9.17) is 18.9 Å². The van der Waals surface area contributed by atoms with Crippen molar-refractivity contribution in [3.63, 3.8) is 0 Å². The Morgan fingerprint density at radius 1 is 0.719 bits per heavy atom. The van der Waals surface area contributed by atoms with Gasteiger partial charge < -0.3 is 43.0 Å². The highest BCUT2D eigenvalue weighted by Crippen LogP contribution is 2.37. The van der Waals surface area contributed by atoms with Gasteiger partial charge in [0, 0.05) is 25.2 Å². The second-order valence-electron chi connectivity index (χ2n) is 14.9. The minimum Gasteiger partial charge on any atom is -0.483 e. The summed E-state index contributed by atoms with van der Waals surface area (Å²) in [5.41, 5.74) is 2.11. The Bertz CT molecular complexity index is 2310. The fourth-order valence-corrected chi connectivity index (χ4v) is 8.25. The molecule has 4 aromatic rings. The Kier molecular flexibility index (Phi) is 11.8. The van der Waals surface area contributed by atoms with E-state index in [9.17, 15) is 29.1 Å². The molecule has 0 radical (unpaired) electrons. The fraction of sp³-hybridized carbons (Fsp3) is 0.405. The van der Waals surface area contributed by atoms with Gasteiger partial charge in [0.05, 0.1) is 59.9 Å². The average Bonchev–Trinajstić information content (AvgIpc) is 3.21. The summed E-state index contributed by atoms with van der Waals surface area (Å²) in [6.07, 6.45) is 0. The average molecular weight is 846 g/mol. The minimum atomic E-state index is -0.809. The van der Waals surface area contributed by atoms with Crippen molar-refractivity contribution in [3.8, 4) is 11.5 Å². The Balaban J connectivity index is 0.000000175. The first-order chi connectivity index (χ1) is 27.4.